The number of unbranched alkanes of at least 4 members (excludes halogenated alkanes) is 1. The lowest BCUT2D eigenvalue weighted by Crippen LogP contribution is -2.52. The van der Waals surface area contributed by atoms with Gasteiger partial charge in [0.05, 0.1) is 12.6 Å². The first-order valence-electron chi connectivity index (χ1n) is 10.4. The quantitative estimate of drug-likeness (QED) is 0.588. The van der Waals surface area contributed by atoms with Gasteiger partial charge in [0.1, 0.15) is 11.5 Å². The van der Waals surface area contributed by atoms with E-state index >= 15 is 0 Å². The monoisotopic (exact) mass is 389 g/mol. The van der Waals surface area contributed by atoms with E-state index in [1.54, 1.807) is 13.8 Å². The van der Waals surface area contributed by atoms with Gasteiger partial charge in [0.2, 0.25) is 5.91 Å². The number of nitrogens with two attached hydrogens (primary N) is 1. The Morgan fingerprint density at radius 3 is 2.36 bits per heavy atom. The molecular weight excluding hydrogens is 354 g/mol. The van der Waals surface area contributed by atoms with Gasteiger partial charge in [-0.2, -0.15) is 0 Å². The number of aryl methyl sites for hydroxylation is 1. The molecule has 156 valence electrons. The maximum Gasteiger partial charge on any atom is 0.239 e. The Hall–Kier alpha value is -1.92. The number of carbonyl (C=O) groups is 2. The predicted octanol–water partition coefficient (Wildman–Crippen LogP) is 2.25. The first-order chi connectivity index (χ1) is 13.5. The van der Waals surface area contributed by atoms with Crippen molar-refractivity contribution < 1.29 is 14.3 Å². The van der Waals surface area contributed by atoms with Crippen LogP contribution in [0.15, 0.2) is 24.3 Å². The molecule has 1 aliphatic heterocycles. The summed E-state index contributed by atoms with van der Waals surface area (Å²) in [6.07, 6.45) is 4.65. The number of nitrogens with zero attached hydrogens (tertiary/aromatic N) is 2. The van der Waals surface area contributed by atoms with Crippen molar-refractivity contribution in [3.05, 3.63) is 29.8 Å². The number of ether oxygens (including phenoxy) is 1. The van der Waals surface area contributed by atoms with Crippen LogP contribution in [0.4, 0.5) is 0 Å². The van der Waals surface area contributed by atoms with Crippen molar-refractivity contribution >= 4 is 11.7 Å². The molecule has 1 atom stereocenters. The average Bonchev–Trinajstić information content (AvgIpc) is 2.69. The second kappa shape index (κ2) is 11.8. The zero-order valence-corrected chi connectivity index (χ0v) is 17.4. The van der Waals surface area contributed by atoms with E-state index in [0.29, 0.717) is 13.0 Å². The number of amides is 1. The Bertz CT molecular complexity index is 608. The third-order valence-corrected chi connectivity index (χ3v) is 5.13. The van der Waals surface area contributed by atoms with Crippen LogP contribution in [0.5, 0.6) is 5.75 Å². The van der Waals surface area contributed by atoms with Gasteiger partial charge in [-0.05, 0) is 57.2 Å². The summed E-state index contributed by atoms with van der Waals surface area (Å²) in [4.78, 5) is 27.1. The number of hydrogen-bond acceptors (Lipinski definition) is 5. The minimum Gasteiger partial charge on any atom is -0.494 e. The third kappa shape index (κ3) is 7.98. The highest BCUT2D eigenvalue weighted by molar-refractivity contribution is 5.81. The van der Waals surface area contributed by atoms with Gasteiger partial charge in [0.25, 0.3) is 0 Å². The van der Waals surface area contributed by atoms with Gasteiger partial charge in [-0.15, -0.1) is 0 Å². The SMILES string of the molecule is CC(=O)CCCCc1ccc(OCCCN2CCN(C(=O)[C@@H](C)N)CC2)cc1. The van der Waals surface area contributed by atoms with Gasteiger partial charge in [0.15, 0.2) is 0 Å². The first-order valence-corrected chi connectivity index (χ1v) is 10.4. The summed E-state index contributed by atoms with van der Waals surface area (Å²) in [5, 5.41) is 0. The standard InChI is InChI=1S/C22H35N3O3/c1-18(26)6-3-4-7-20-8-10-21(11-9-20)28-17-5-12-24-13-15-25(16-14-24)22(27)19(2)23/h8-11,19H,3-7,12-17,23H2,1-2H3/t19-/m1/s1. The molecular formula is C22H35N3O3. The van der Waals surface area contributed by atoms with E-state index in [0.717, 1.165) is 64.2 Å². The summed E-state index contributed by atoms with van der Waals surface area (Å²) in [5.41, 5.74) is 6.96. The molecule has 0 aromatic heterocycles. The smallest absolute Gasteiger partial charge is 0.239 e. The average molecular weight is 390 g/mol. The highest BCUT2D eigenvalue weighted by Gasteiger charge is 2.22. The molecule has 6 heteroatoms. The number of carbonyl (C=O) groups excluding carboxylic acids is 2. The normalized spacial score (nSPS) is 16.0. The number of ketones is 1. The van der Waals surface area contributed by atoms with Crippen molar-refractivity contribution in [1.82, 2.24) is 9.80 Å². The second-order valence-electron chi connectivity index (χ2n) is 7.71. The predicted molar refractivity (Wildman–Crippen MR) is 111 cm³/mol. The van der Waals surface area contributed by atoms with E-state index in [2.05, 4.69) is 17.0 Å². The summed E-state index contributed by atoms with van der Waals surface area (Å²) in [7, 11) is 0. The molecule has 0 bridgehead atoms. The van der Waals surface area contributed by atoms with Crippen LogP contribution >= 0.6 is 0 Å². The van der Waals surface area contributed by atoms with Crippen LogP contribution in [0.2, 0.25) is 0 Å². The van der Waals surface area contributed by atoms with Gasteiger partial charge in [0, 0.05) is 39.1 Å². The summed E-state index contributed by atoms with van der Waals surface area (Å²) in [6, 6.07) is 7.86. The fourth-order valence-corrected chi connectivity index (χ4v) is 3.41. The summed E-state index contributed by atoms with van der Waals surface area (Å²) in [6.45, 7) is 8.38. The highest BCUT2D eigenvalue weighted by Crippen LogP contribution is 2.15. The zero-order chi connectivity index (χ0) is 20.4. The first kappa shape index (κ1) is 22.4. The summed E-state index contributed by atoms with van der Waals surface area (Å²) < 4.78 is 5.85. The molecule has 0 spiro atoms. The van der Waals surface area contributed by atoms with Crippen molar-refractivity contribution in [3.8, 4) is 5.75 Å². The van der Waals surface area contributed by atoms with Crippen molar-refractivity contribution in [2.45, 2.75) is 52.0 Å². The molecule has 0 aliphatic carbocycles. The topological polar surface area (TPSA) is 75.9 Å². The highest BCUT2D eigenvalue weighted by atomic mass is 16.5. The number of hydrogen-bond donors (Lipinski definition) is 1. The summed E-state index contributed by atoms with van der Waals surface area (Å²) >= 11 is 0. The molecule has 1 aromatic carbocycles. The molecule has 1 aromatic rings. The molecule has 1 aliphatic rings. The fraction of sp³-hybridized carbons (Fsp3) is 0.636. The zero-order valence-electron chi connectivity index (χ0n) is 17.4. The van der Waals surface area contributed by atoms with E-state index < -0.39 is 6.04 Å². The maximum atomic E-state index is 11.9. The summed E-state index contributed by atoms with van der Waals surface area (Å²) in [5.74, 6) is 1.22. The van der Waals surface area contributed by atoms with Crippen LogP contribution < -0.4 is 10.5 Å². The van der Waals surface area contributed by atoms with Gasteiger partial charge in [-0.3, -0.25) is 9.69 Å². The Balaban J connectivity index is 1.57. The van der Waals surface area contributed by atoms with E-state index in [4.69, 9.17) is 10.5 Å². The van der Waals surface area contributed by atoms with E-state index in [1.165, 1.54) is 5.56 Å². The molecule has 2 N–H and O–H groups in total. The molecule has 28 heavy (non-hydrogen) atoms. The van der Waals surface area contributed by atoms with Gasteiger partial charge in [-0.1, -0.05) is 12.1 Å². The van der Waals surface area contributed by atoms with Gasteiger partial charge >= 0.3 is 0 Å². The van der Waals surface area contributed by atoms with E-state index in [1.807, 2.05) is 17.0 Å². The Morgan fingerprint density at radius 1 is 1.07 bits per heavy atom. The molecule has 1 heterocycles. The van der Waals surface area contributed by atoms with Gasteiger partial charge < -0.3 is 20.2 Å². The van der Waals surface area contributed by atoms with Crippen molar-refractivity contribution in [2.75, 3.05) is 39.3 Å². The molecule has 6 nitrogen and oxygen atoms in total. The molecule has 0 saturated carbocycles. The number of Topliss-reactive ketones (excluding diaryl/α,β-unsaturated/α-hetero) is 1. The Kier molecular flexibility index (Phi) is 9.44. The lowest BCUT2D eigenvalue weighted by Gasteiger charge is -2.35. The van der Waals surface area contributed by atoms with Crippen molar-refractivity contribution in [3.63, 3.8) is 0 Å². The maximum absolute atomic E-state index is 11.9. The second-order valence-corrected chi connectivity index (χ2v) is 7.71. The van der Waals surface area contributed by atoms with Crippen molar-refractivity contribution in [1.29, 1.82) is 0 Å². The van der Waals surface area contributed by atoms with Crippen LogP contribution in [0.25, 0.3) is 0 Å². The van der Waals surface area contributed by atoms with E-state index in [9.17, 15) is 9.59 Å². The molecule has 1 saturated heterocycles. The Morgan fingerprint density at radius 2 is 1.75 bits per heavy atom. The number of benzene rings is 1. The van der Waals surface area contributed by atoms with Crippen LogP contribution in [-0.4, -0.2) is 66.9 Å². The minimum atomic E-state index is -0.410. The minimum absolute atomic E-state index is 0.0466. The van der Waals surface area contributed by atoms with Crippen molar-refractivity contribution in [2.24, 2.45) is 5.73 Å². The van der Waals surface area contributed by atoms with Gasteiger partial charge in [-0.25, -0.2) is 0 Å². The largest absolute Gasteiger partial charge is 0.494 e. The van der Waals surface area contributed by atoms with Crippen LogP contribution in [-0.2, 0) is 16.0 Å². The molecule has 1 amide bonds. The molecule has 1 fully saturated rings. The van der Waals surface area contributed by atoms with Crippen LogP contribution in [0, 0.1) is 0 Å². The lowest BCUT2D eigenvalue weighted by molar-refractivity contribution is -0.134. The number of piperazine rings is 1. The Labute approximate surface area is 169 Å². The molecule has 2 rings (SSSR count). The van der Waals surface area contributed by atoms with E-state index in [-0.39, 0.29) is 11.7 Å². The van der Waals surface area contributed by atoms with Crippen LogP contribution in [0.1, 0.15) is 45.1 Å². The number of rotatable bonds is 11. The lowest BCUT2D eigenvalue weighted by atomic mass is 10.1. The fourth-order valence-electron chi connectivity index (χ4n) is 3.41. The molecule has 0 radical (unpaired) electrons. The third-order valence-electron chi connectivity index (χ3n) is 5.13. The van der Waals surface area contributed by atoms with Crippen LogP contribution in [0.3, 0.4) is 0 Å². The molecule has 0 unspecified atom stereocenters.